The minimum Gasteiger partial charge on any atom is -0.495 e. The first-order valence-corrected chi connectivity index (χ1v) is 7.84. The van der Waals surface area contributed by atoms with Gasteiger partial charge in [-0.2, -0.15) is 0 Å². The van der Waals surface area contributed by atoms with Crippen LogP contribution in [0.25, 0.3) is 0 Å². The second kappa shape index (κ2) is 7.21. The number of benzene rings is 2. The molecule has 0 aliphatic carbocycles. The zero-order valence-electron chi connectivity index (χ0n) is 13.7. The van der Waals surface area contributed by atoms with Crippen molar-refractivity contribution in [3.63, 3.8) is 0 Å². The number of anilines is 2. The first-order chi connectivity index (χ1) is 12.1. The Balaban J connectivity index is 1.65. The van der Waals surface area contributed by atoms with Crippen LogP contribution in [0, 0.1) is 5.82 Å². The summed E-state index contributed by atoms with van der Waals surface area (Å²) in [7, 11) is 1.52. The maximum Gasteiger partial charge on any atom is 0.325 e. The summed E-state index contributed by atoms with van der Waals surface area (Å²) in [6.45, 7) is 0.579. The first-order valence-electron chi connectivity index (χ1n) is 7.84. The van der Waals surface area contributed by atoms with Gasteiger partial charge in [0.05, 0.1) is 18.5 Å². The summed E-state index contributed by atoms with van der Waals surface area (Å²) in [5.41, 5.74) is 0.757. The molecule has 0 unspecified atom stereocenters. The maximum atomic E-state index is 13.9. The average molecular weight is 343 g/mol. The minimum absolute atomic E-state index is 0.109. The molecule has 3 rings (SSSR count). The third kappa shape index (κ3) is 3.55. The van der Waals surface area contributed by atoms with Crippen LogP contribution in [0.15, 0.2) is 48.5 Å². The van der Waals surface area contributed by atoms with Crippen molar-refractivity contribution in [2.24, 2.45) is 0 Å². The fourth-order valence-electron chi connectivity index (χ4n) is 2.73. The van der Waals surface area contributed by atoms with Crippen LogP contribution in [0.4, 0.5) is 20.6 Å². The van der Waals surface area contributed by atoms with Gasteiger partial charge in [-0.15, -0.1) is 0 Å². The fourth-order valence-corrected chi connectivity index (χ4v) is 2.73. The van der Waals surface area contributed by atoms with Crippen molar-refractivity contribution in [1.29, 1.82) is 0 Å². The summed E-state index contributed by atoms with van der Waals surface area (Å²) in [6.07, 6.45) is 0. The molecule has 0 aromatic heterocycles. The van der Waals surface area contributed by atoms with Crippen LogP contribution in [0.3, 0.4) is 0 Å². The predicted octanol–water partition coefficient (Wildman–Crippen LogP) is 2.72. The number of nitrogens with zero attached hydrogens (tertiary/aromatic N) is 2. The molecule has 0 bridgehead atoms. The number of carbonyl (C=O) groups excluding carboxylic acids is 2. The Kier molecular flexibility index (Phi) is 4.83. The fraction of sp³-hybridized carbons (Fsp3) is 0.222. The number of amides is 3. The van der Waals surface area contributed by atoms with Gasteiger partial charge in [0.25, 0.3) is 0 Å². The first kappa shape index (κ1) is 16.8. The summed E-state index contributed by atoms with van der Waals surface area (Å²) >= 11 is 0. The Hall–Kier alpha value is -3.09. The van der Waals surface area contributed by atoms with E-state index in [1.165, 1.54) is 23.0 Å². The van der Waals surface area contributed by atoms with Crippen LogP contribution in [0.2, 0.25) is 0 Å². The zero-order chi connectivity index (χ0) is 17.8. The molecule has 2 aromatic rings. The highest BCUT2D eigenvalue weighted by atomic mass is 19.1. The number of ether oxygens (including phenoxy) is 1. The molecule has 1 aliphatic rings. The van der Waals surface area contributed by atoms with E-state index in [1.54, 1.807) is 42.5 Å². The van der Waals surface area contributed by atoms with Crippen molar-refractivity contribution >= 4 is 23.3 Å². The Labute approximate surface area is 144 Å². The monoisotopic (exact) mass is 343 g/mol. The predicted molar refractivity (Wildman–Crippen MR) is 92.3 cm³/mol. The zero-order valence-corrected chi connectivity index (χ0v) is 13.7. The molecule has 1 fully saturated rings. The van der Waals surface area contributed by atoms with Gasteiger partial charge in [-0.05, 0) is 24.3 Å². The highest BCUT2D eigenvalue weighted by molar-refractivity contribution is 5.99. The van der Waals surface area contributed by atoms with Gasteiger partial charge < -0.3 is 15.0 Å². The molecule has 0 atom stereocenters. The number of hydrogen-bond donors (Lipinski definition) is 1. The van der Waals surface area contributed by atoms with Crippen LogP contribution >= 0.6 is 0 Å². The lowest BCUT2D eigenvalue weighted by atomic mass is 10.3. The number of urea groups is 1. The molecule has 1 heterocycles. The van der Waals surface area contributed by atoms with E-state index in [0.717, 1.165) is 0 Å². The molecule has 7 heteroatoms. The van der Waals surface area contributed by atoms with Gasteiger partial charge in [0, 0.05) is 13.1 Å². The molecule has 0 radical (unpaired) electrons. The summed E-state index contributed by atoms with van der Waals surface area (Å²) in [6, 6.07) is 12.7. The molecule has 2 aromatic carbocycles. The quantitative estimate of drug-likeness (QED) is 0.908. The Morgan fingerprint density at radius 3 is 2.64 bits per heavy atom. The summed E-state index contributed by atoms with van der Waals surface area (Å²) in [5.74, 6) is -0.263. The Bertz CT molecular complexity index is 797. The number of methoxy groups -OCH3 is 1. The van der Waals surface area contributed by atoms with Crippen molar-refractivity contribution in [3.8, 4) is 5.75 Å². The van der Waals surface area contributed by atoms with Crippen molar-refractivity contribution in [3.05, 3.63) is 54.3 Å². The van der Waals surface area contributed by atoms with Crippen LogP contribution in [0.5, 0.6) is 5.75 Å². The second-order valence-electron chi connectivity index (χ2n) is 5.56. The van der Waals surface area contributed by atoms with E-state index in [9.17, 15) is 14.0 Å². The third-order valence-corrected chi connectivity index (χ3v) is 3.95. The van der Waals surface area contributed by atoms with Crippen molar-refractivity contribution < 1.29 is 18.7 Å². The second-order valence-corrected chi connectivity index (χ2v) is 5.56. The third-order valence-electron chi connectivity index (χ3n) is 3.95. The van der Waals surface area contributed by atoms with Crippen molar-refractivity contribution in [2.45, 2.75) is 0 Å². The molecule has 0 spiro atoms. The highest BCUT2D eigenvalue weighted by Crippen LogP contribution is 2.25. The lowest BCUT2D eigenvalue weighted by molar-refractivity contribution is -0.116. The average Bonchev–Trinajstić information content (AvgIpc) is 2.96. The lowest BCUT2D eigenvalue weighted by Gasteiger charge is -2.19. The minimum atomic E-state index is -0.462. The molecule has 1 saturated heterocycles. The van der Waals surface area contributed by atoms with Crippen LogP contribution in [-0.4, -0.2) is 43.6 Å². The van der Waals surface area contributed by atoms with Gasteiger partial charge in [0.15, 0.2) is 0 Å². The summed E-state index contributed by atoms with van der Waals surface area (Å²) < 4.78 is 19.0. The van der Waals surface area contributed by atoms with Gasteiger partial charge >= 0.3 is 6.03 Å². The van der Waals surface area contributed by atoms with Gasteiger partial charge in [-0.1, -0.05) is 24.3 Å². The molecule has 6 nitrogen and oxygen atoms in total. The molecule has 25 heavy (non-hydrogen) atoms. The molecule has 1 aliphatic heterocycles. The molecule has 130 valence electrons. The largest absolute Gasteiger partial charge is 0.495 e. The van der Waals surface area contributed by atoms with Gasteiger partial charge in [-0.25, -0.2) is 9.18 Å². The number of para-hydroxylation sites is 3. The molecule has 1 N–H and O–H groups in total. The van der Waals surface area contributed by atoms with Crippen LogP contribution < -0.4 is 15.0 Å². The number of nitrogens with one attached hydrogen (secondary N) is 1. The molecular formula is C18H18FN3O3. The van der Waals surface area contributed by atoms with E-state index in [2.05, 4.69) is 5.32 Å². The van der Waals surface area contributed by atoms with E-state index in [4.69, 9.17) is 4.74 Å². The number of rotatable bonds is 5. The Morgan fingerprint density at radius 1 is 1.16 bits per heavy atom. The maximum absolute atomic E-state index is 13.9. The van der Waals surface area contributed by atoms with Gasteiger partial charge in [0.2, 0.25) is 5.91 Å². The standard InChI is InChI=1S/C18H18FN3O3/c1-25-16-9-5-3-7-14(16)20-17(23)12-21-10-11-22(18(21)24)15-8-4-2-6-13(15)19/h2-9H,10-12H2,1H3,(H,20,23). The highest BCUT2D eigenvalue weighted by Gasteiger charge is 2.32. The van der Waals surface area contributed by atoms with E-state index >= 15 is 0 Å². The number of halogens is 1. The summed E-state index contributed by atoms with van der Waals surface area (Å²) in [5, 5.41) is 2.72. The van der Waals surface area contributed by atoms with E-state index in [-0.39, 0.29) is 24.2 Å². The molecule has 3 amide bonds. The topological polar surface area (TPSA) is 61.9 Å². The van der Waals surface area contributed by atoms with Crippen molar-refractivity contribution in [1.82, 2.24) is 4.90 Å². The van der Waals surface area contributed by atoms with Gasteiger partial charge in [0.1, 0.15) is 18.1 Å². The Morgan fingerprint density at radius 2 is 1.88 bits per heavy atom. The molecule has 0 saturated carbocycles. The molecular weight excluding hydrogens is 325 g/mol. The van der Waals surface area contributed by atoms with Crippen molar-refractivity contribution in [2.75, 3.05) is 37.0 Å². The van der Waals surface area contributed by atoms with E-state index in [0.29, 0.717) is 24.5 Å². The van der Waals surface area contributed by atoms with E-state index in [1.807, 2.05) is 0 Å². The summed E-state index contributed by atoms with van der Waals surface area (Å²) in [4.78, 5) is 27.4. The smallest absolute Gasteiger partial charge is 0.325 e. The van der Waals surface area contributed by atoms with E-state index < -0.39 is 5.82 Å². The van der Waals surface area contributed by atoms with Crippen LogP contribution in [-0.2, 0) is 4.79 Å². The number of hydrogen-bond acceptors (Lipinski definition) is 3. The SMILES string of the molecule is COc1ccccc1NC(=O)CN1CCN(c2ccccc2F)C1=O. The van der Waals surface area contributed by atoms with Crippen LogP contribution in [0.1, 0.15) is 0 Å². The lowest BCUT2D eigenvalue weighted by Crippen LogP contribution is -2.37. The normalized spacial score (nSPS) is 13.9. The van der Waals surface area contributed by atoms with Gasteiger partial charge in [-0.3, -0.25) is 9.69 Å². The number of carbonyl (C=O) groups is 2.